The van der Waals surface area contributed by atoms with E-state index in [2.05, 4.69) is 41.5 Å². The van der Waals surface area contributed by atoms with Crippen LogP contribution in [0, 0.1) is 0 Å². The van der Waals surface area contributed by atoms with Gasteiger partial charge in [0.15, 0.2) is 11.9 Å². The number of thioether (sulfide) groups is 1. The van der Waals surface area contributed by atoms with Crippen LogP contribution in [0.25, 0.3) is 0 Å². The molecule has 2 bridgehead atoms. The number of fused-ring (bicyclic) bond motifs is 2. The van der Waals surface area contributed by atoms with Gasteiger partial charge >= 0.3 is 0 Å². The molecule has 2 aliphatic heterocycles. The Hall–Kier alpha value is -1.41. The molecule has 0 saturated carbocycles. The summed E-state index contributed by atoms with van der Waals surface area (Å²) >= 11 is 1.89. The van der Waals surface area contributed by atoms with Crippen LogP contribution in [0.2, 0.25) is 0 Å². The van der Waals surface area contributed by atoms with Gasteiger partial charge in [-0.3, -0.25) is 0 Å². The highest BCUT2D eigenvalue weighted by molar-refractivity contribution is 7.99. The third-order valence-corrected chi connectivity index (χ3v) is 6.06. The van der Waals surface area contributed by atoms with Crippen LogP contribution in [-0.4, -0.2) is 44.9 Å². The average Bonchev–Trinajstić information content (AvgIpc) is 3.28. The molecule has 1 unspecified atom stereocenters. The quantitative estimate of drug-likeness (QED) is 0.593. The monoisotopic (exact) mass is 375 g/mol. The molecule has 4 rings (SSSR count). The third kappa shape index (κ3) is 3.67. The normalized spacial score (nSPS) is 27.8. The molecule has 0 aliphatic carbocycles. The van der Waals surface area contributed by atoms with E-state index in [-0.39, 0.29) is 6.10 Å². The summed E-state index contributed by atoms with van der Waals surface area (Å²) in [5.41, 5.74) is 0.492. The van der Waals surface area contributed by atoms with Crippen LogP contribution in [0.4, 0.5) is 0 Å². The van der Waals surface area contributed by atoms with Crippen molar-refractivity contribution in [3.05, 3.63) is 41.7 Å². The molecule has 26 heavy (non-hydrogen) atoms. The number of nitrogens with zero attached hydrogens (tertiary/aromatic N) is 3. The molecule has 7 heteroatoms. The molecule has 0 spiro atoms. The Kier molecular flexibility index (Phi) is 5.31. The fourth-order valence-electron chi connectivity index (χ4n) is 3.43. The molecule has 3 heterocycles. The molecule has 2 saturated heterocycles. The third-order valence-electron chi connectivity index (χ3n) is 4.98. The lowest BCUT2D eigenvalue weighted by Crippen LogP contribution is -2.44. The number of unbranched alkanes of at least 4 members (excludes halogenated alkanes) is 1. The Morgan fingerprint density at radius 1 is 1.42 bits per heavy atom. The van der Waals surface area contributed by atoms with Crippen LogP contribution in [0.1, 0.15) is 43.9 Å². The molecule has 1 aromatic heterocycles. The summed E-state index contributed by atoms with van der Waals surface area (Å²) in [5, 5.41) is 19.4. The zero-order chi connectivity index (χ0) is 18.0. The van der Waals surface area contributed by atoms with Crippen LogP contribution >= 0.6 is 11.8 Å². The Balaban J connectivity index is 1.44. The largest absolute Gasteiger partial charge is 0.378 e. The van der Waals surface area contributed by atoms with Crippen molar-refractivity contribution in [2.45, 2.75) is 62.0 Å². The van der Waals surface area contributed by atoms with Crippen LogP contribution in [-0.2, 0) is 21.6 Å². The summed E-state index contributed by atoms with van der Waals surface area (Å²) in [5.74, 6) is 1.14. The van der Waals surface area contributed by atoms with Crippen LogP contribution < -0.4 is 0 Å². The van der Waals surface area contributed by atoms with Crippen molar-refractivity contribution in [3.8, 4) is 0 Å². The summed E-state index contributed by atoms with van der Waals surface area (Å²) in [6.07, 6.45) is 5.08. The van der Waals surface area contributed by atoms with Crippen molar-refractivity contribution in [3.63, 3.8) is 0 Å². The van der Waals surface area contributed by atoms with Crippen molar-refractivity contribution in [1.82, 2.24) is 15.0 Å². The number of benzene rings is 1. The molecule has 0 radical (unpaired) electrons. The van der Waals surface area contributed by atoms with Gasteiger partial charge in [0.1, 0.15) is 5.69 Å². The summed E-state index contributed by atoms with van der Waals surface area (Å²) in [6, 6.07) is 8.52. The van der Waals surface area contributed by atoms with Crippen LogP contribution in [0.3, 0.4) is 0 Å². The molecule has 1 aromatic carbocycles. The number of ether oxygens (including phenoxy) is 2. The lowest BCUT2D eigenvalue weighted by atomic mass is 9.90. The van der Waals surface area contributed by atoms with Crippen molar-refractivity contribution >= 4 is 11.8 Å². The second-order valence-electron chi connectivity index (χ2n) is 7.04. The van der Waals surface area contributed by atoms with Crippen molar-refractivity contribution in [2.75, 3.05) is 12.4 Å². The van der Waals surface area contributed by atoms with E-state index in [1.807, 2.05) is 18.0 Å². The minimum absolute atomic E-state index is 0.100. The second kappa shape index (κ2) is 7.68. The molecule has 2 aliphatic rings. The number of aromatic nitrogens is 3. The first-order chi connectivity index (χ1) is 12.7. The van der Waals surface area contributed by atoms with Gasteiger partial charge in [-0.2, -0.15) is 0 Å². The van der Waals surface area contributed by atoms with Gasteiger partial charge in [-0.1, -0.05) is 30.7 Å². The van der Waals surface area contributed by atoms with Gasteiger partial charge in [-0.05, 0) is 42.7 Å². The molecular weight excluding hydrogens is 350 g/mol. The van der Waals surface area contributed by atoms with E-state index < -0.39 is 11.9 Å². The number of hydrogen-bond donors (Lipinski definition) is 1. The van der Waals surface area contributed by atoms with Crippen molar-refractivity contribution in [2.24, 2.45) is 0 Å². The fourth-order valence-corrected chi connectivity index (χ4v) is 4.50. The minimum atomic E-state index is -1.21. The maximum Gasteiger partial charge on any atom is 0.192 e. The SMILES string of the molecule is CCCCSc1cccc(Cn2cc(C3(O)CC[C@H]4CO[C@@H]3O4)nn2)c1. The molecule has 2 fully saturated rings. The Labute approximate surface area is 157 Å². The lowest BCUT2D eigenvalue weighted by Gasteiger charge is -2.34. The first-order valence-corrected chi connectivity index (χ1v) is 10.3. The molecular formula is C19H25N3O3S. The molecule has 6 nitrogen and oxygen atoms in total. The highest BCUT2D eigenvalue weighted by Crippen LogP contribution is 2.40. The van der Waals surface area contributed by atoms with Crippen molar-refractivity contribution < 1.29 is 14.6 Å². The number of aliphatic hydroxyl groups is 1. The van der Waals surface area contributed by atoms with Crippen molar-refractivity contribution in [1.29, 1.82) is 0 Å². The van der Waals surface area contributed by atoms with E-state index in [9.17, 15) is 5.11 Å². The Bertz CT molecular complexity index is 753. The van der Waals surface area contributed by atoms with E-state index in [0.717, 1.165) is 12.2 Å². The van der Waals surface area contributed by atoms with Crippen LogP contribution in [0.15, 0.2) is 35.4 Å². The standard InChI is InChI=1S/C19H25N3O3S/c1-2-3-9-26-16-6-4-5-14(10-16)11-22-12-17(20-21-22)19(23)8-7-15-13-24-18(19)25-15/h4-6,10,12,15,18,23H,2-3,7-9,11,13H2,1H3/t15-,18+,19?/m0/s1. The summed E-state index contributed by atoms with van der Waals surface area (Å²) in [6.45, 7) is 3.38. The predicted octanol–water partition coefficient (Wildman–Crippen LogP) is 2.94. The summed E-state index contributed by atoms with van der Waals surface area (Å²) in [4.78, 5) is 1.28. The van der Waals surface area contributed by atoms with Gasteiger partial charge in [0, 0.05) is 4.90 Å². The Morgan fingerprint density at radius 2 is 2.35 bits per heavy atom. The van der Waals surface area contributed by atoms with Gasteiger partial charge < -0.3 is 14.6 Å². The van der Waals surface area contributed by atoms with E-state index >= 15 is 0 Å². The van der Waals surface area contributed by atoms with E-state index in [1.54, 1.807) is 4.68 Å². The molecule has 3 atom stereocenters. The summed E-state index contributed by atoms with van der Waals surface area (Å²) in [7, 11) is 0. The lowest BCUT2D eigenvalue weighted by molar-refractivity contribution is -0.219. The molecule has 0 amide bonds. The minimum Gasteiger partial charge on any atom is -0.378 e. The molecule has 1 N–H and O–H groups in total. The highest BCUT2D eigenvalue weighted by Gasteiger charge is 2.51. The first kappa shape index (κ1) is 18.0. The zero-order valence-corrected chi connectivity index (χ0v) is 15.8. The smallest absolute Gasteiger partial charge is 0.192 e. The maximum atomic E-state index is 11.0. The summed E-state index contributed by atoms with van der Waals surface area (Å²) < 4.78 is 13.1. The second-order valence-corrected chi connectivity index (χ2v) is 8.21. The van der Waals surface area contributed by atoms with Gasteiger partial charge in [0.25, 0.3) is 0 Å². The predicted molar refractivity (Wildman–Crippen MR) is 98.9 cm³/mol. The number of rotatable bonds is 7. The van der Waals surface area contributed by atoms with Gasteiger partial charge in [0.05, 0.1) is 25.5 Å². The average molecular weight is 375 g/mol. The fraction of sp³-hybridized carbons (Fsp3) is 0.579. The highest BCUT2D eigenvalue weighted by atomic mass is 32.2. The zero-order valence-electron chi connectivity index (χ0n) is 15.0. The van der Waals surface area contributed by atoms with E-state index in [0.29, 0.717) is 25.3 Å². The topological polar surface area (TPSA) is 69.4 Å². The molecule has 140 valence electrons. The van der Waals surface area contributed by atoms with E-state index in [4.69, 9.17) is 9.47 Å². The Morgan fingerprint density at radius 3 is 3.23 bits per heavy atom. The first-order valence-electron chi connectivity index (χ1n) is 9.29. The van der Waals surface area contributed by atoms with Gasteiger partial charge in [0.2, 0.25) is 0 Å². The molecule has 2 aromatic rings. The number of hydrogen-bond acceptors (Lipinski definition) is 6. The maximum absolute atomic E-state index is 11.0. The van der Waals surface area contributed by atoms with Gasteiger partial charge in [-0.25, -0.2) is 4.68 Å². The van der Waals surface area contributed by atoms with Gasteiger partial charge in [-0.15, -0.1) is 16.9 Å². The van der Waals surface area contributed by atoms with Crippen LogP contribution in [0.5, 0.6) is 0 Å². The van der Waals surface area contributed by atoms with E-state index in [1.165, 1.54) is 23.3 Å².